The van der Waals surface area contributed by atoms with Gasteiger partial charge in [0.25, 0.3) is 0 Å². The molecule has 9 nitrogen and oxygen atoms in total. The zero-order valence-electron chi connectivity index (χ0n) is 9.80. The summed E-state index contributed by atoms with van der Waals surface area (Å²) in [5.74, 6) is -3.74. The fourth-order valence-corrected chi connectivity index (χ4v) is 2.05. The normalized spacial score (nSPS) is 29.1. The highest BCUT2D eigenvalue weighted by atomic mass is 19.3. The number of hydrogen-bond acceptors (Lipinski definition) is 7. The molecule has 3 rings (SSSR count). The predicted molar refractivity (Wildman–Crippen MR) is 57.0 cm³/mol. The number of aromatic nitrogens is 5. The molecular weight excluding hydrogens is 280 g/mol. The molecule has 2 aromatic rings. The van der Waals surface area contributed by atoms with Crippen molar-refractivity contribution in [2.24, 2.45) is 0 Å². The van der Waals surface area contributed by atoms with E-state index in [0.29, 0.717) is 4.57 Å². The maximum Gasteiger partial charge on any atom is 0.354 e. The van der Waals surface area contributed by atoms with Gasteiger partial charge >= 0.3 is 11.6 Å². The van der Waals surface area contributed by atoms with E-state index in [1.807, 2.05) is 0 Å². The third-order valence-corrected chi connectivity index (χ3v) is 3.09. The number of hydrogen-bond donors (Lipinski definition) is 2. The highest BCUT2D eigenvalue weighted by molar-refractivity contribution is 5.31. The maximum atomic E-state index is 13.9. The van der Waals surface area contributed by atoms with Gasteiger partial charge in [-0.1, -0.05) is 0 Å². The summed E-state index contributed by atoms with van der Waals surface area (Å²) >= 11 is 0. The summed E-state index contributed by atoms with van der Waals surface area (Å²) in [6, 6.07) is 1.25. The van der Waals surface area contributed by atoms with E-state index in [1.54, 1.807) is 0 Å². The molecule has 0 saturated carbocycles. The Bertz CT molecular complexity index is 701. The molecule has 1 fully saturated rings. The Labute approximate surface area is 109 Å². The number of rotatable bonds is 2. The van der Waals surface area contributed by atoms with Gasteiger partial charge in [0.1, 0.15) is 6.10 Å². The molecule has 0 unspecified atom stereocenters. The van der Waals surface area contributed by atoms with Crippen molar-refractivity contribution in [3.8, 4) is 0 Å². The van der Waals surface area contributed by atoms with Crippen molar-refractivity contribution < 1.29 is 23.7 Å². The van der Waals surface area contributed by atoms with Crippen molar-refractivity contribution in [1.29, 1.82) is 0 Å². The van der Waals surface area contributed by atoms with Gasteiger partial charge in [-0.25, -0.2) is 4.79 Å². The molecule has 108 valence electrons. The van der Waals surface area contributed by atoms with Crippen molar-refractivity contribution in [3.63, 3.8) is 0 Å². The topological polar surface area (TPSA) is 115 Å². The number of ether oxygens (including phenoxy) is 1. The maximum absolute atomic E-state index is 13.9. The lowest BCUT2D eigenvalue weighted by atomic mass is 10.1. The minimum Gasteiger partial charge on any atom is -0.394 e. The lowest BCUT2D eigenvalue weighted by Gasteiger charge is -2.20. The van der Waals surface area contributed by atoms with Gasteiger partial charge in [0.05, 0.1) is 6.61 Å². The Hall–Kier alpha value is -1.98. The van der Waals surface area contributed by atoms with E-state index in [0.717, 1.165) is 10.7 Å². The molecule has 2 N–H and O–H groups in total. The molecule has 3 atom stereocenters. The van der Waals surface area contributed by atoms with Crippen LogP contribution in [0.2, 0.25) is 0 Å². The largest absolute Gasteiger partial charge is 0.394 e. The molecule has 11 heteroatoms. The molecule has 0 aliphatic carbocycles. The van der Waals surface area contributed by atoms with Gasteiger partial charge in [-0.05, 0) is 10.4 Å². The van der Waals surface area contributed by atoms with Crippen LogP contribution in [-0.4, -0.2) is 59.6 Å². The smallest absolute Gasteiger partial charge is 0.354 e. The van der Waals surface area contributed by atoms with E-state index >= 15 is 0 Å². The zero-order chi connectivity index (χ0) is 14.5. The molecule has 0 aromatic carbocycles. The van der Waals surface area contributed by atoms with Crippen LogP contribution in [0.3, 0.4) is 0 Å². The Balaban J connectivity index is 2.11. The fourth-order valence-electron chi connectivity index (χ4n) is 2.05. The van der Waals surface area contributed by atoms with Crippen LogP contribution in [0.1, 0.15) is 6.23 Å². The predicted octanol–water partition coefficient (Wildman–Crippen LogP) is -1.83. The number of fused-ring (bicyclic) bond motifs is 1. The first-order valence-corrected chi connectivity index (χ1v) is 5.58. The van der Waals surface area contributed by atoms with E-state index in [4.69, 9.17) is 9.84 Å². The summed E-state index contributed by atoms with van der Waals surface area (Å²) in [6.45, 7) is -0.796. The quantitative estimate of drug-likeness (QED) is 0.668. The number of tetrazole rings is 1. The average Bonchev–Trinajstić information content (AvgIpc) is 2.97. The average molecular weight is 289 g/mol. The summed E-state index contributed by atoms with van der Waals surface area (Å²) in [6.07, 6.45) is -4.70. The van der Waals surface area contributed by atoms with Gasteiger partial charge in [0.15, 0.2) is 11.8 Å². The molecule has 2 aromatic heterocycles. The Morgan fingerprint density at radius 2 is 2.25 bits per heavy atom. The summed E-state index contributed by atoms with van der Waals surface area (Å²) in [5.41, 5.74) is -0.852. The Morgan fingerprint density at radius 3 is 2.90 bits per heavy atom. The molecule has 1 saturated heterocycles. The SMILES string of the molecule is O=c1n([C@@H]2O[C@H](CO)[C@@H](O)C2(F)F)ccc2nnnn12. The molecule has 20 heavy (non-hydrogen) atoms. The number of nitrogens with zero attached hydrogens (tertiary/aromatic N) is 5. The number of aliphatic hydroxyl groups excluding tert-OH is 2. The number of alkyl halides is 2. The minimum atomic E-state index is -3.74. The van der Waals surface area contributed by atoms with Crippen molar-refractivity contribution in [3.05, 3.63) is 22.7 Å². The standard InChI is InChI=1S/C9H9F2N5O4/c10-9(11)6(18)4(3-17)20-7(9)15-2-1-5-12-13-14-16(5)8(15)19/h1-2,4,6-7,17-18H,3H2/t4-,6-,7-/m1/s1. The van der Waals surface area contributed by atoms with Gasteiger partial charge in [-0.3, -0.25) is 4.57 Å². The second-order valence-corrected chi connectivity index (χ2v) is 4.28. The molecule has 1 aliphatic heterocycles. The van der Waals surface area contributed by atoms with Gasteiger partial charge in [0, 0.05) is 12.3 Å². The Kier molecular flexibility index (Phi) is 2.77. The lowest BCUT2D eigenvalue weighted by molar-refractivity contribution is -0.141. The monoisotopic (exact) mass is 289 g/mol. The fraction of sp³-hybridized carbons (Fsp3) is 0.556. The van der Waals surface area contributed by atoms with Crippen LogP contribution in [0.15, 0.2) is 17.1 Å². The second kappa shape index (κ2) is 4.26. The number of halogens is 2. The summed E-state index contributed by atoms with van der Waals surface area (Å²) < 4.78 is 34.0. The first-order chi connectivity index (χ1) is 9.46. The Morgan fingerprint density at radius 1 is 1.50 bits per heavy atom. The van der Waals surface area contributed by atoms with Crippen LogP contribution >= 0.6 is 0 Å². The molecular formula is C9H9F2N5O4. The van der Waals surface area contributed by atoms with Gasteiger partial charge < -0.3 is 14.9 Å². The third-order valence-electron chi connectivity index (χ3n) is 3.09. The van der Waals surface area contributed by atoms with Gasteiger partial charge in [0.2, 0.25) is 6.23 Å². The summed E-state index contributed by atoms with van der Waals surface area (Å²) in [7, 11) is 0. The molecule has 0 radical (unpaired) electrons. The molecule has 3 heterocycles. The van der Waals surface area contributed by atoms with Crippen molar-refractivity contribution in [1.82, 2.24) is 24.6 Å². The van der Waals surface area contributed by atoms with E-state index in [9.17, 15) is 18.7 Å². The summed E-state index contributed by atoms with van der Waals surface area (Å²) in [5, 5.41) is 28.4. The molecule has 1 aliphatic rings. The zero-order valence-corrected chi connectivity index (χ0v) is 9.80. The van der Waals surface area contributed by atoms with Crippen LogP contribution in [-0.2, 0) is 4.74 Å². The van der Waals surface area contributed by atoms with Gasteiger partial charge in [-0.15, -0.1) is 9.61 Å². The van der Waals surface area contributed by atoms with Crippen LogP contribution in [0.25, 0.3) is 5.65 Å². The van der Waals surface area contributed by atoms with E-state index < -0.39 is 36.7 Å². The van der Waals surface area contributed by atoms with Crippen molar-refractivity contribution in [2.45, 2.75) is 24.4 Å². The van der Waals surface area contributed by atoms with E-state index in [2.05, 4.69) is 15.5 Å². The molecule has 0 spiro atoms. The highest BCUT2D eigenvalue weighted by Crippen LogP contribution is 2.41. The summed E-state index contributed by atoms with van der Waals surface area (Å²) in [4.78, 5) is 12.0. The van der Waals surface area contributed by atoms with Crippen LogP contribution in [0.4, 0.5) is 8.78 Å². The van der Waals surface area contributed by atoms with Crippen molar-refractivity contribution >= 4 is 5.65 Å². The van der Waals surface area contributed by atoms with E-state index in [1.165, 1.54) is 6.07 Å². The first-order valence-electron chi connectivity index (χ1n) is 5.58. The van der Waals surface area contributed by atoms with Crippen molar-refractivity contribution in [2.75, 3.05) is 6.61 Å². The third kappa shape index (κ3) is 1.63. The lowest BCUT2D eigenvalue weighted by Crippen LogP contribution is -2.42. The molecule has 0 amide bonds. The minimum absolute atomic E-state index is 0.0896. The molecule has 0 bridgehead atoms. The second-order valence-electron chi connectivity index (χ2n) is 4.28. The van der Waals surface area contributed by atoms with Crippen LogP contribution in [0, 0.1) is 0 Å². The van der Waals surface area contributed by atoms with Crippen LogP contribution < -0.4 is 5.69 Å². The number of aliphatic hydroxyl groups is 2. The van der Waals surface area contributed by atoms with Crippen LogP contribution in [0.5, 0.6) is 0 Å². The highest BCUT2D eigenvalue weighted by Gasteiger charge is 2.59. The first kappa shape index (κ1) is 13.0. The van der Waals surface area contributed by atoms with Gasteiger partial charge in [-0.2, -0.15) is 8.78 Å². The van der Waals surface area contributed by atoms with E-state index in [-0.39, 0.29) is 5.65 Å².